The molecule has 0 saturated carbocycles. The monoisotopic (exact) mass is 402 g/mol. The summed E-state index contributed by atoms with van der Waals surface area (Å²) in [5.74, 6) is 0. The summed E-state index contributed by atoms with van der Waals surface area (Å²) in [5, 5.41) is 9.20. The summed E-state index contributed by atoms with van der Waals surface area (Å²) in [6.45, 7) is 4.11. The Hall–Kier alpha value is 1.51. The topological polar surface area (TPSA) is 77.4 Å². The fourth-order valence-electron chi connectivity index (χ4n) is 3.17. The summed E-state index contributed by atoms with van der Waals surface area (Å²) in [4.78, 5) is 0. The zero-order valence-corrected chi connectivity index (χ0v) is 20.8. The van der Waals surface area contributed by atoms with Gasteiger partial charge in [-0.05, 0) is 25.7 Å². The van der Waals surface area contributed by atoms with Crippen molar-refractivity contribution in [3.8, 4) is 0 Å². The third-order valence-corrected chi connectivity index (χ3v) is 6.01. The van der Waals surface area contributed by atoms with Crippen molar-refractivity contribution >= 4 is 10.1 Å². The van der Waals surface area contributed by atoms with Crippen LogP contribution in [0.25, 0.3) is 0 Å². The average molecular weight is 403 g/mol. The van der Waals surface area contributed by atoms with Crippen molar-refractivity contribution < 1.29 is 69.5 Å². The predicted octanol–water partition coefficient (Wildman–Crippen LogP) is 2.16. The van der Waals surface area contributed by atoms with Crippen molar-refractivity contribution in [2.24, 2.45) is 0 Å². The van der Waals surface area contributed by atoms with Gasteiger partial charge in [0.25, 0.3) is 0 Å². The smallest absolute Gasteiger partial charge is 0.748 e. The van der Waals surface area contributed by atoms with Crippen LogP contribution in [0, 0.1) is 0 Å². The van der Waals surface area contributed by atoms with Crippen LogP contribution in [0.3, 0.4) is 0 Å². The van der Waals surface area contributed by atoms with Crippen LogP contribution < -0.4 is 51.4 Å². The molecule has 0 aromatic heterocycles. The van der Waals surface area contributed by atoms with Crippen molar-refractivity contribution in [3.05, 3.63) is 0 Å². The first-order valence-corrected chi connectivity index (χ1v) is 11.5. The second-order valence-corrected chi connectivity index (χ2v) is 8.76. The van der Waals surface area contributed by atoms with Gasteiger partial charge >= 0.3 is 51.4 Å². The van der Waals surface area contributed by atoms with Crippen molar-refractivity contribution in [1.82, 2.24) is 0 Å². The van der Waals surface area contributed by atoms with Gasteiger partial charge in [-0.25, -0.2) is 8.42 Å². The summed E-state index contributed by atoms with van der Waals surface area (Å²) in [6.07, 6.45) is 14.5. The number of unbranched alkanes of at least 4 members (excludes halogenated alkanes) is 8. The van der Waals surface area contributed by atoms with E-state index >= 15 is 0 Å². The Morgan fingerprint density at radius 1 is 0.720 bits per heavy atom. The van der Waals surface area contributed by atoms with E-state index in [4.69, 9.17) is 0 Å². The maximum absolute atomic E-state index is 11.1. The number of aliphatic hydroxyl groups excluding tert-OH is 1. The van der Waals surface area contributed by atoms with Crippen LogP contribution in [-0.4, -0.2) is 29.4 Å². The second kappa shape index (κ2) is 18.9. The van der Waals surface area contributed by atoms with Crippen LogP contribution in [-0.2, 0) is 10.1 Å². The molecule has 0 radical (unpaired) electrons. The molecule has 146 valence electrons. The molecular formula is C19H39KO4S. The molecular weight excluding hydrogens is 363 g/mol. The molecule has 4 nitrogen and oxygen atoms in total. The van der Waals surface area contributed by atoms with E-state index in [-0.39, 0.29) is 57.5 Å². The zero-order valence-electron chi connectivity index (χ0n) is 16.8. The minimum atomic E-state index is -4.13. The van der Waals surface area contributed by atoms with E-state index in [1.165, 1.54) is 19.3 Å². The molecule has 0 aromatic carbocycles. The van der Waals surface area contributed by atoms with E-state index < -0.39 is 15.4 Å². The summed E-state index contributed by atoms with van der Waals surface area (Å²) in [6, 6.07) is 0. The van der Waals surface area contributed by atoms with Crippen LogP contribution in [0.1, 0.15) is 110 Å². The number of hydrogen-bond donors (Lipinski definition) is 1. The van der Waals surface area contributed by atoms with Gasteiger partial charge in [0.2, 0.25) is 0 Å². The van der Waals surface area contributed by atoms with E-state index in [1.807, 2.05) is 6.92 Å². The molecule has 2 unspecified atom stereocenters. The minimum absolute atomic E-state index is 0. The molecule has 2 atom stereocenters. The van der Waals surface area contributed by atoms with Gasteiger partial charge in [-0.1, -0.05) is 84.5 Å². The molecule has 25 heavy (non-hydrogen) atoms. The predicted molar refractivity (Wildman–Crippen MR) is 100 cm³/mol. The number of hydrogen-bond acceptors (Lipinski definition) is 4. The SMILES string of the molecule is CCCCCCC(O)CCCCCCCCC(CCC)S(=O)(=O)[O-].[K+]. The van der Waals surface area contributed by atoms with Crippen molar-refractivity contribution in [2.45, 2.75) is 122 Å². The largest absolute Gasteiger partial charge is 1.00 e. The third kappa shape index (κ3) is 18.6. The van der Waals surface area contributed by atoms with Crippen molar-refractivity contribution in [3.63, 3.8) is 0 Å². The van der Waals surface area contributed by atoms with Gasteiger partial charge in [0.1, 0.15) is 0 Å². The maximum atomic E-state index is 11.1. The van der Waals surface area contributed by atoms with Gasteiger partial charge in [-0.2, -0.15) is 0 Å². The Kier molecular flexibility index (Phi) is 21.7. The number of aliphatic hydroxyl groups is 1. The first-order valence-electron chi connectivity index (χ1n) is 10.0. The molecule has 0 fully saturated rings. The van der Waals surface area contributed by atoms with Crippen molar-refractivity contribution in [2.75, 3.05) is 0 Å². The molecule has 0 saturated heterocycles. The Morgan fingerprint density at radius 2 is 1.16 bits per heavy atom. The van der Waals surface area contributed by atoms with Crippen molar-refractivity contribution in [1.29, 1.82) is 0 Å². The molecule has 0 amide bonds. The van der Waals surface area contributed by atoms with E-state index in [0.29, 0.717) is 12.8 Å². The van der Waals surface area contributed by atoms with E-state index in [2.05, 4.69) is 6.92 Å². The second-order valence-electron chi connectivity index (χ2n) is 7.11. The Balaban J connectivity index is 0. The van der Waals surface area contributed by atoms with Crippen LogP contribution >= 0.6 is 0 Å². The summed E-state index contributed by atoms with van der Waals surface area (Å²) in [7, 11) is -4.13. The molecule has 0 aliphatic heterocycles. The van der Waals surface area contributed by atoms with E-state index in [9.17, 15) is 18.1 Å². The molecule has 0 heterocycles. The molecule has 6 heteroatoms. The number of rotatable bonds is 17. The normalized spacial score (nSPS) is 14.1. The third-order valence-electron chi connectivity index (χ3n) is 4.72. The fraction of sp³-hybridized carbons (Fsp3) is 1.00. The van der Waals surface area contributed by atoms with Gasteiger partial charge < -0.3 is 9.66 Å². The first-order chi connectivity index (χ1) is 11.4. The van der Waals surface area contributed by atoms with Gasteiger partial charge in [-0.15, -0.1) is 0 Å². The Labute approximate surface area is 199 Å². The molecule has 0 spiro atoms. The first kappa shape index (κ1) is 28.7. The summed E-state index contributed by atoms with van der Waals surface area (Å²) < 4.78 is 33.4. The zero-order chi connectivity index (χ0) is 18.3. The quantitative estimate of drug-likeness (QED) is 0.230. The fourth-order valence-corrected chi connectivity index (χ4v) is 4.14. The molecule has 1 N–H and O–H groups in total. The molecule has 0 aromatic rings. The maximum Gasteiger partial charge on any atom is 1.00 e. The van der Waals surface area contributed by atoms with Crippen LogP contribution in [0.5, 0.6) is 0 Å². The standard InChI is InChI=1S/C19H40O4S.K/c1-3-5-6-11-15-18(20)16-12-9-7-8-10-13-17-19(14-4-2)24(21,22)23;/h18-20H,3-17H2,1-2H3,(H,21,22,23);/q;+1/p-1. The minimum Gasteiger partial charge on any atom is -0.748 e. The van der Waals surface area contributed by atoms with E-state index in [0.717, 1.165) is 64.2 Å². The average Bonchev–Trinajstić information content (AvgIpc) is 2.52. The van der Waals surface area contributed by atoms with Crippen LogP contribution in [0.15, 0.2) is 0 Å². The van der Waals surface area contributed by atoms with Gasteiger partial charge in [0.15, 0.2) is 0 Å². The molecule has 0 bridgehead atoms. The summed E-state index contributed by atoms with van der Waals surface area (Å²) >= 11 is 0. The van der Waals surface area contributed by atoms with Gasteiger partial charge in [0, 0.05) is 5.25 Å². The van der Waals surface area contributed by atoms with Crippen LogP contribution in [0.2, 0.25) is 0 Å². The molecule has 0 rings (SSSR count). The van der Waals surface area contributed by atoms with Crippen LogP contribution in [0.4, 0.5) is 0 Å². The van der Waals surface area contributed by atoms with E-state index in [1.54, 1.807) is 0 Å². The van der Waals surface area contributed by atoms with Gasteiger partial charge in [0.05, 0.1) is 16.2 Å². The Morgan fingerprint density at radius 3 is 1.60 bits per heavy atom. The summed E-state index contributed by atoms with van der Waals surface area (Å²) in [5.41, 5.74) is 0. The van der Waals surface area contributed by atoms with Gasteiger partial charge in [-0.3, -0.25) is 0 Å². The molecule has 0 aliphatic rings. The Bertz CT molecular complexity index is 374. The molecule has 0 aliphatic carbocycles.